The van der Waals surface area contributed by atoms with Crippen LogP contribution in [0.1, 0.15) is 70.4 Å². The van der Waals surface area contributed by atoms with Gasteiger partial charge in [0.15, 0.2) is 5.96 Å². The van der Waals surface area contributed by atoms with Crippen molar-refractivity contribution in [1.82, 2.24) is 31.9 Å². The van der Waals surface area contributed by atoms with E-state index in [-0.39, 0.29) is 56.9 Å². The van der Waals surface area contributed by atoms with Crippen molar-refractivity contribution in [3.05, 3.63) is 65.7 Å². The van der Waals surface area contributed by atoms with E-state index in [1.54, 1.807) is 44.2 Å². The number of rotatable bonds is 28. The van der Waals surface area contributed by atoms with Gasteiger partial charge < -0.3 is 70.2 Å². The molecule has 2 aromatic carbocycles. The van der Waals surface area contributed by atoms with E-state index in [1.165, 1.54) is 31.2 Å². The Morgan fingerprint density at radius 3 is 1.58 bits per heavy atom. The number of hydrogen-bond acceptors (Lipinski definition) is 12. The Kier molecular flexibility index (Phi) is 22.7. The minimum Gasteiger partial charge on any atom is -0.508 e. The molecule has 0 aliphatic heterocycles. The van der Waals surface area contributed by atoms with Gasteiger partial charge in [0.1, 0.15) is 42.0 Å². The summed E-state index contributed by atoms with van der Waals surface area (Å²) in [7, 11) is 0. The molecule has 0 unspecified atom stereocenters. The van der Waals surface area contributed by atoms with Crippen molar-refractivity contribution in [1.29, 1.82) is 0 Å². The van der Waals surface area contributed by atoms with Crippen LogP contribution in [0, 0.1) is 5.92 Å². The lowest BCUT2D eigenvalue weighted by Gasteiger charge is -2.28. The first-order valence-electron chi connectivity index (χ1n) is 20.8. The van der Waals surface area contributed by atoms with Gasteiger partial charge in [-0.15, -0.1) is 0 Å². The fourth-order valence-corrected chi connectivity index (χ4v) is 6.21. The maximum atomic E-state index is 14.2. The SMILES string of the molecule is CC(C)[C@H](NC(=O)[C@H](C)N)C(=O)N[C@@H](CCCCN)C(=O)N[C@@H](CC(=O)O)C(=O)N[C@@H](Cc1ccc(O)cc1)C(=O)N[C@@H](Cc1ccccc1)C(=O)N[C@@H](CCCN=C(N)N)C(=O)O. The van der Waals surface area contributed by atoms with Crippen molar-refractivity contribution < 1.29 is 53.7 Å². The number of nitrogens with one attached hydrogen (secondary N) is 6. The molecule has 0 spiro atoms. The third-order valence-corrected chi connectivity index (χ3v) is 9.74. The highest BCUT2D eigenvalue weighted by Crippen LogP contribution is 2.14. The summed E-state index contributed by atoms with van der Waals surface area (Å²) in [5.74, 6) is -8.86. The van der Waals surface area contributed by atoms with Gasteiger partial charge in [0.2, 0.25) is 35.4 Å². The molecular formula is C42H63N11O11. The second-order valence-electron chi connectivity index (χ2n) is 15.6. The van der Waals surface area contributed by atoms with Crippen LogP contribution in [-0.4, -0.2) is 124 Å². The number of guanidine groups is 1. The summed E-state index contributed by atoms with van der Waals surface area (Å²) in [4.78, 5) is 110. The number of phenols is 1. The summed E-state index contributed by atoms with van der Waals surface area (Å²) in [5.41, 5.74) is 23.0. The number of carbonyl (C=O) groups excluding carboxylic acids is 6. The number of aliphatic imine (C=N–C) groups is 1. The summed E-state index contributed by atoms with van der Waals surface area (Å²) >= 11 is 0. The normalized spacial score (nSPS) is 14.2. The Bertz CT molecular complexity index is 1910. The van der Waals surface area contributed by atoms with Crippen LogP contribution in [0.15, 0.2) is 59.6 Å². The zero-order valence-electron chi connectivity index (χ0n) is 36.3. The van der Waals surface area contributed by atoms with Gasteiger partial charge in [-0.25, -0.2) is 4.79 Å². The minimum absolute atomic E-state index is 0.0119. The maximum absolute atomic E-state index is 14.2. The highest BCUT2D eigenvalue weighted by Gasteiger charge is 2.35. The molecule has 0 aromatic heterocycles. The number of nitrogens with two attached hydrogens (primary N) is 4. The third kappa shape index (κ3) is 19.5. The van der Waals surface area contributed by atoms with Crippen LogP contribution in [0.2, 0.25) is 0 Å². The van der Waals surface area contributed by atoms with Crippen LogP contribution in [0.3, 0.4) is 0 Å². The van der Waals surface area contributed by atoms with Crippen LogP contribution in [-0.2, 0) is 51.2 Å². The van der Waals surface area contributed by atoms with Crippen LogP contribution in [0.5, 0.6) is 5.75 Å². The number of amides is 6. The number of aromatic hydroxyl groups is 1. The number of carboxylic acid groups (broad SMARTS) is 2. The number of carbonyl (C=O) groups is 8. The lowest BCUT2D eigenvalue weighted by molar-refractivity contribution is -0.142. The lowest BCUT2D eigenvalue weighted by atomic mass is 10.0. The first-order valence-corrected chi connectivity index (χ1v) is 20.8. The monoisotopic (exact) mass is 897 g/mol. The van der Waals surface area contributed by atoms with Crippen molar-refractivity contribution >= 4 is 53.3 Å². The van der Waals surface area contributed by atoms with Crippen molar-refractivity contribution in [3.8, 4) is 5.75 Å². The van der Waals surface area contributed by atoms with Crippen LogP contribution in [0.25, 0.3) is 0 Å². The Labute approximate surface area is 371 Å². The number of phenolic OH excluding ortho intramolecular Hbond substituents is 1. The average molecular weight is 898 g/mol. The summed E-state index contributed by atoms with van der Waals surface area (Å²) in [6.45, 7) is 5.10. The zero-order chi connectivity index (χ0) is 47.9. The molecule has 22 nitrogen and oxygen atoms in total. The topological polar surface area (TPSA) is 386 Å². The molecule has 6 amide bonds. The number of nitrogens with zero attached hydrogens (tertiary/aromatic N) is 1. The fraction of sp³-hybridized carbons (Fsp3) is 0.500. The molecule has 0 aliphatic carbocycles. The lowest BCUT2D eigenvalue weighted by Crippen LogP contribution is -2.60. The molecule has 7 atom stereocenters. The van der Waals surface area contributed by atoms with E-state index >= 15 is 0 Å². The summed E-state index contributed by atoms with van der Waals surface area (Å²) in [6.07, 6.45) is -0.451. The van der Waals surface area contributed by atoms with E-state index in [0.717, 1.165) is 0 Å². The van der Waals surface area contributed by atoms with Gasteiger partial charge in [-0.05, 0) is 74.8 Å². The molecular weight excluding hydrogens is 835 g/mol. The molecule has 22 heteroatoms. The van der Waals surface area contributed by atoms with E-state index in [4.69, 9.17) is 22.9 Å². The van der Waals surface area contributed by atoms with Gasteiger partial charge in [0, 0.05) is 19.4 Å². The molecule has 2 aromatic rings. The largest absolute Gasteiger partial charge is 0.508 e. The maximum Gasteiger partial charge on any atom is 0.326 e. The zero-order valence-corrected chi connectivity index (χ0v) is 36.3. The van der Waals surface area contributed by atoms with Crippen LogP contribution < -0.4 is 54.8 Å². The Morgan fingerprint density at radius 1 is 0.594 bits per heavy atom. The van der Waals surface area contributed by atoms with Crippen molar-refractivity contribution in [2.75, 3.05) is 13.1 Å². The number of hydrogen-bond donors (Lipinski definition) is 13. The predicted molar refractivity (Wildman–Crippen MR) is 235 cm³/mol. The molecule has 0 fully saturated rings. The fourth-order valence-electron chi connectivity index (χ4n) is 6.21. The van der Waals surface area contributed by atoms with E-state index < -0.39 is 102 Å². The molecule has 352 valence electrons. The van der Waals surface area contributed by atoms with Gasteiger partial charge in [-0.1, -0.05) is 56.3 Å². The van der Waals surface area contributed by atoms with E-state index in [0.29, 0.717) is 24.0 Å². The molecule has 2 rings (SSSR count). The molecule has 0 radical (unpaired) electrons. The van der Waals surface area contributed by atoms with Gasteiger partial charge in [0.25, 0.3) is 0 Å². The Hall–Kier alpha value is -6.81. The first-order chi connectivity index (χ1) is 30.2. The van der Waals surface area contributed by atoms with Crippen molar-refractivity contribution in [2.45, 2.75) is 114 Å². The Morgan fingerprint density at radius 2 is 1.08 bits per heavy atom. The van der Waals surface area contributed by atoms with Gasteiger partial charge >= 0.3 is 11.9 Å². The highest BCUT2D eigenvalue weighted by atomic mass is 16.4. The molecule has 0 bridgehead atoms. The Balaban J connectivity index is 2.48. The summed E-state index contributed by atoms with van der Waals surface area (Å²) in [5, 5.41) is 44.6. The standard InChI is InChI=1S/C42H63N11O11/c1-23(2)34(53-35(57)24(3)44)40(62)48-28(12-7-8-18-43)36(58)52-32(22-33(55)56)39(61)51-31(21-26-14-16-27(54)17-15-26)38(60)50-30(20-25-10-5-4-6-11-25)37(59)49-29(41(63)64)13-9-19-47-42(45)46/h4-6,10-11,14-17,23-24,28-32,34,54H,7-9,12-13,18-22,43-44H2,1-3H3,(H,48,62)(H,49,59)(H,50,60)(H,51,61)(H,52,58)(H,53,57)(H,55,56)(H,63,64)(H4,45,46,47)/t24-,28-,29-,30-,31-,32-,34-/m0/s1. The number of unbranched alkanes of at least 4 members (excludes halogenated alkanes) is 1. The van der Waals surface area contributed by atoms with E-state index in [9.17, 15) is 53.7 Å². The number of aliphatic carboxylic acids is 2. The highest BCUT2D eigenvalue weighted by molar-refractivity contribution is 5.98. The molecule has 0 saturated carbocycles. The molecule has 0 aliphatic rings. The summed E-state index contributed by atoms with van der Waals surface area (Å²) < 4.78 is 0. The first kappa shape index (κ1) is 53.3. The summed E-state index contributed by atoms with van der Waals surface area (Å²) in [6, 6.07) is 4.49. The molecule has 64 heavy (non-hydrogen) atoms. The van der Waals surface area contributed by atoms with E-state index in [2.05, 4.69) is 36.9 Å². The second kappa shape index (κ2) is 27.3. The van der Waals surface area contributed by atoms with Crippen LogP contribution >= 0.6 is 0 Å². The van der Waals surface area contributed by atoms with Crippen LogP contribution in [0.4, 0.5) is 0 Å². The van der Waals surface area contributed by atoms with Crippen molar-refractivity contribution in [2.24, 2.45) is 33.8 Å². The average Bonchev–Trinajstić information content (AvgIpc) is 3.23. The molecule has 0 heterocycles. The number of carboxylic acids is 2. The second-order valence-corrected chi connectivity index (χ2v) is 15.6. The van der Waals surface area contributed by atoms with Gasteiger partial charge in [-0.3, -0.25) is 38.6 Å². The molecule has 0 saturated heterocycles. The smallest absolute Gasteiger partial charge is 0.326 e. The number of benzene rings is 2. The third-order valence-electron chi connectivity index (χ3n) is 9.74. The van der Waals surface area contributed by atoms with E-state index in [1.807, 2.05) is 0 Å². The minimum atomic E-state index is -1.81. The van der Waals surface area contributed by atoms with Gasteiger partial charge in [-0.2, -0.15) is 0 Å². The quantitative estimate of drug-likeness (QED) is 0.0246. The van der Waals surface area contributed by atoms with Gasteiger partial charge in [0.05, 0.1) is 12.5 Å². The molecule has 17 N–H and O–H groups in total. The predicted octanol–water partition coefficient (Wildman–Crippen LogP) is -2.17. The van der Waals surface area contributed by atoms with Crippen molar-refractivity contribution in [3.63, 3.8) is 0 Å².